The second kappa shape index (κ2) is 12.5. The number of carbonyl (C=O) groups is 3. The average Bonchev–Trinajstić information content (AvgIpc) is 2.72. The van der Waals surface area contributed by atoms with Crippen LogP contribution in [-0.4, -0.2) is 62.3 Å². The summed E-state index contributed by atoms with van der Waals surface area (Å²) in [4.78, 5) is 39.4. The summed E-state index contributed by atoms with van der Waals surface area (Å²) in [6.07, 6.45) is 1.41. The normalized spacial score (nSPS) is 17.3. The summed E-state index contributed by atoms with van der Waals surface area (Å²) in [5.74, 6) is -2.46. The molecule has 0 radical (unpaired) electrons. The van der Waals surface area contributed by atoms with Crippen LogP contribution in [0.3, 0.4) is 0 Å². The Morgan fingerprint density at radius 1 is 0.906 bits per heavy atom. The number of ether oxygens (including phenoxy) is 5. The summed E-state index contributed by atoms with van der Waals surface area (Å²) in [7, 11) is 0. The number of hydrogen-bond donors (Lipinski definition) is 1. The molecule has 1 heterocycles. The molecule has 9 nitrogen and oxygen atoms in total. The summed E-state index contributed by atoms with van der Waals surface area (Å²) in [6, 6.07) is 0. The fraction of sp³-hybridized carbons (Fsp3) is 0.870. The molecule has 0 aromatic carbocycles. The molecule has 0 spiro atoms. The van der Waals surface area contributed by atoms with Gasteiger partial charge in [0.15, 0.2) is 5.41 Å². The Bertz CT molecular complexity index is 606. The monoisotopic (exact) mass is 459 g/mol. The van der Waals surface area contributed by atoms with Crippen LogP contribution in [0, 0.1) is 11.3 Å². The molecule has 1 saturated heterocycles. The first-order chi connectivity index (χ1) is 15.0. The molecule has 186 valence electrons. The lowest BCUT2D eigenvalue weighted by Gasteiger charge is -2.40. The Labute approximate surface area is 191 Å². The fourth-order valence-corrected chi connectivity index (χ4v) is 3.80. The fourth-order valence-electron chi connectivity index (χ4n) is 3.80. The molecular weight excluding hydrogens is 418 g/mol. The van der Waals surface area contributed by atoms with Crippen molar-refractivity contribution in [2.24, 2.45) is 17.1 Å². The summed E-state index contributed by atoms with van der Waals surface area (Å²) in [5.41, 5.74) is 2.18. The first kappa shape index (κ1) is 28.3. The van der Waals surface area contributed by atoms with Gasteiger partial charge in [-0.25, -0.2) is 4.79 Å². The Kier molecular flexibility index (Phi) is 11.1. The molecule has 0 amide bonds. The Hall–Kier alpha value is -1.71. The van der Waals surface area contributed by atoms with Crippen LogP contribution in [0.2, 0.25) is 0 Å². The van der Waals surface area contributed by atoms with Crippen LogP contribution in [0.1, 0.15) is 73.6 Å². The van der Waals surface area contributed by atoms with Crippen molar-refractivity contribution in [3.8, 4) is 0 Å². The van der Waals surface area contributed by atoms with E-state index < -0.39 is 34.6 Å². The summed E-state index contributed by atoms with van der Waals surface area (Å²) >= 11 is 0. The van der Waals surface area contributed by atoms with Crippen LogP contribution in [-0.2, 0) is 38.1 Å². The van der Waals surface area contributed by atoms with Crippen LogP contribution < -0.4 is 5.73 Å². The van der Waals surface area contributed by atoms with E-state index in [0.717, 1.165) is 0 Å². The van der Waals surface area contributed by atoms with Crippen molar-refractivity contribution >= 4 is 17.9 Å². The zero-order valence-electron chi connectivity index (χ0n) is 20.5. The van der Waals surface area contributed by atoms with Gasteiger partial charge in [0.25, 0.3) is 0 Å². The van der Waals surface area contributed by atoms with Gasteiger partial charge in [-0.05, 0) is 66.2 Å². The molecule has 1 unspecified atom stereocenters. The zero-order chi connectivity index (χ0) is 24.4. The van der Waals surface area contributed by atoms with Gasteiger partial charge in [0.1, 0.15) is 5.60 Å². The van der Waals surface area contributed by atoms with Crippen molar-refractivity contribution in [2.75, 3.05) is 33.0 Å². The smallest absolute Gasteiger partial charge is 0.354 e. The van der Waals surface area contributed by atoms with Crippen molar-refractivity contribution in [1.29, 1.82) is 0 Å². The van der Waals surface area contributed by atoms with E-state index in [1.165, 1.54) is 0 Å². The quantitative estimate of drug-likeness (QED) is 0.203. The van der Waals surface area contributed by atoms with E-state index in [0.29, 0.717) is 32.5 Å². The molecule has 1 fully saturated rings. The highest BCUT2D eigenvalue weighted by Gasteiger charge is 2.56. The molecule has 0 aromatic rings. The van der Waals surface area contributed by atoms with Crippen molar-refractivity contribution in [2.45, 2.75) is 85.0 Å². The predicted molar refractivity (Wildman–Crippen MR) is 117 cm³/mol. The molecule has 1 aliphatic heterocycles. The summed E-state index contributed by atoms with van der Waals surface area (Å²) in [6.45, 7) is 11.7. The van der Waals surface area contributed by atoms with Crippen LogP contribution in [0.4, 0.5) is 0 Å². The van der Waals surface area contributed by atoms with Gasteiger partial charge in [0, 0.05) is 26.2 Å². The van der Waals surface area contributed by atoms with Gasteiger partial charge < -0.3 is 23.7 Å². The maximum atomic E-state index is 13.2. The van der Waals surface area contributed by atoms with E-state index in [1.807, 2.05) is 6.92 Å². The van der Waals surface area contributed by atoms with E-state index in [1.54, 1.807) is 34.6 Å². The summed E-state index contributed by atoms with van der Waals surface area (Å²) in [5, 5.41) is 0. The molecule has 0 aliphatic carbocycles. The second-order valence-electron chi connectivity index (χ2n) is 9.04. The molecule has 32 heavy (non-hydrogen) atoms. The Morgan fingerprint density at radius 3 is 1.88 bits per heavy atom. The highest BCUT2D eigenvalue weighted by molar-refractivity contribution is 6.00. The van der Waals surface area contributed by atoms with Gasteiger partial charge in [0.05, 0.1) is 13.2 Å². The number of rotatable bonds is 12. The second-order valence-corrected chi connectivity index (χ2v) is 9.04. The highest BCUT2D eigenvalue weighted by Crippen LogP contribution is 2.43. The largest absolute Gasteiger partial charge is 0.465 e. The molecule has 1 aliphatic rings. The first-order valence-electron chi connectivity index (χ1n) is 11.5. The minimum atomic E-state index is -1.82. The lowest BCUT2D eigenvalue weighted by atomic mass is 9.68. The maximum absolute atomic E-state index is 13.2. The standard InChI is InChI=1S/C23H41NO8/c1-7-14-31-23(24,20(27)32-21(4,5)6)13-12-22(18(25)29-8-2,19(26)30-9-3)17-10-15-28-16-11-17/h17H,7-16,24H2,1-6H3. The Morgan fingerprint density at radius 2 is 1.44 bits per heavy atom. The van der Waals surface area contributed by atoms with E-state index in [2.05, 4.69) is 0 Å². The molecule has 0 bridgehead atoms. The third-order valence-electron chi connectivity index (χ3n) is 5.40. The van der Waals surface area contributed by atoms with Gasteiger partial charge in [0.2, 0.25) is 5.72 Å². The number of hydrogen-bond acceptors (Lipinski definition) is 9. The molecule has 0 aromatic heterocycles. The molecule has 1 atom stereocenters. The minimum absolute atomic E-state index is 0.0746. The third-order valence-corrected chi connectivity index (χ3v) is 5.40. The number of carbonyl (C=O) groups excluding carboxylic acids is 3. The molecular formula is C23H41NO8. The molecule has 1 rings (SSSR count). The van der Waals surface area contributed by atoms with E-state index in [4.69, 9.17) is 29.4 Å². The first-order valence-corrected chi connectivity index (χ1v) is 11.5. The van der Waals surface area contributed by atoms with Crippen molar-refractivity contribution < 1.29 is 38.1 Å². The van der Waals surface area contributed by atoms with Crippen molar-refractivity contribution in [3.63, 3.8) is 0 Å². The van der Waals surface area contributed by atoms with Crippen LogP contribution >= 0.6 is 0 Å². The van der Waals surface area contributed by atoms with Gasteiger partial charge in [-0.15, -0.1) is 0 Å². The molecule has 9 heteroatoms. The number of nitrogens with two attached hydrogens (primary N) is 1. The van der Waals surface area contributed by atoms with E-state index in [-0.39, 0.29) is 38.6 Å². The topological polar surface area (TPSA) is 123 Å². The molecule has 2 N–H and O–H groups in total. The minimum Gasteiger partial charge on any atom is -0.465 e. The average molecular weight is 460 g/mol. The maximum Gasteiger partial charge on any atom is 0.354 e. The Balaban J connectivity index is 3.35. The van der Waals surface area contributed by atoms with Crippen molar-refractivity contribution in [1.82, 2.24) is 0 Å². The summed E-state index contributed by atoms with van der Waals surface area (Å²) < 4.78 is 27.3. The van der Waals surface area contributed by atoms with E-state index in [9.17, 15) is 14.4 Å². The van der Waals surface area contributed by atoms with Crippen LogP contribution in [0.15, 0.2) is 0 Å². The van der Waals surface area contributed by atoms with Crippen LogP contribution in [0.25, 0.3) is 0 Å². The van der Waals surface area contributed by atoms with Gasteiger partial charge in [-0.1, -0.05) is 6.92 Å². The zero-order valence-corrected chi connectivity index (χ0v) is 20.5. The lowest BCUT2D eigenvalue weighted by Crippen LogP contribution is -2.56. The van der Waals surface area contributed by atoms with Gasteiger partial charge in [-0.3, -0.25) is 15.3 Å². The van der Waals surface area contributed by atoms with Crippen LogP contribution in [0.5, 0.6) is 0 Å². The third kappa shape index (κ3) is 7.42. The highest BCUT2D eigenvalue weighted by atomic mass is 16.6. The van der Waals surface area contributed by atoms with E-state index >= 15 is 0 Å². The molecule has 0 saturated carbocycles. The SMILES string of the molecule is CCCOC(N)(CCC(C(=O)OCC)(C(=O)OCC)C1CCOCC1)C(=O)OC(C)(C)C. The predicted octanol–water partition coefficient (Wildman–Crippen LogP) is 2.73. The van der Waals surface area contributed by atoms with Gasteiger partial charge in [-0.2, -0.15) is 0 Å². The van der Waals surface area contributed by atoms with Gasteiger partial charge >= 0.3 is 17.9 Å². The van der Waals surface area contributed by atoms with Crippen molar-refractivity contribution in [3.05, 3.63) is 0 Å². The lowest BCUT2D eigenvalue weighted by molar-refractivity contribution is -0.192. The number of esters is 3.